The SMILES string of the molecule is Cc1ccc(C2(c3noc(CN(C)Cc4ccncc4C)n3)CCCC2)cc1. The van der Waals surface area contributed by atoms with Crippen molar-refractivity contribution in [2.45, 2.75) is 58.0 Å². The highest BCUT2D eigenvalue weighted by Gasteiger charge is 2.41. The average molecular weight is 377 g/mol. The van der Waals surface area contributed by atoms with Crippen LogP contribution in [0.25, 0.3) is 0 Å². The van der Waals surface area contributed by atoms with E-state index in [1.165, 1.54) is 35.1 Å². The van der Waals surface area contributed by atoms with E-state index in [4.69, 9.17) is 9.51 Å². The number of nitrogens with zero attached hydrogens (tertiary/aromatic N) is 4. The Hall–Kier alpha value is -2.53. The van der Waals surface area contributed by atoms with Crippen molar-refractivity contribution in [1.82, 2.24) is 20.0 Å². The van der Waals surface area contributed by atoms with Crippen LogP contribution in [0.3, 0.4) is 0 Å². The van der Waals surface area contributed by atoms with E-state index in [1.54, 1.807) is 0 Å². The topological polar surface area (TPSA) is 55.1 Å². The van der Waals surface area contributed by atoms with Crippen molar-refractivity contribution >= 4 is 0 Å². The van der Waals surface area contributed by atoms with E-state index in [0.29, 0.717) is 12.4 Å². The van der Waals surface area contributed by atoms with Gasteiger partial charge in [0.15, 0.2) is 5.82 Å². The molecule has 1 fully saturated rings. The van der Waals surface area contributed by atoms with Gasteiger partial charge in [-0.3, -0.25) is 9.88 Å². The minimum absolute atomic E-state index is 0.101. The van der Waals surface area contributed by atoms with Gasteiger partial charge in [0, 0.05) is 18.9 Å². The summed E-state index contributed by atoms with van der Waals surface area (Å²) in [6.45, 7) is 5.68. The van der Waals surface area contributed by atoms with E-state index < -0.39 is 0 Å². The molecular weight excluding hydrogens is 348 g/mol. The first kappa shape index (κ1) is 18.8. The van der Waals surface area contributed by atoms with Crippen molar-refractivity contribution in [2.24, 2.45) is 0 Å². The molecule has 0 N–H and O–H groups in total. The van der Waals surface area contributed by atoms with E-state index in [0.717, 1.165) is 25.2 Å². The summed E-state index contributed by atoms with van der Waals surface area (Å²) in [4.78, 5) is 11.2. The van der Waals surface area contributed by atoms with Gasteiger partial charge in [-0.1, -0.05) is 47.8 Å². The summed E-state index contributed by atoms with van der Waals surface area (Å²) in [5.41, 5.74) is 4.95. The van der Waals surface area contributed by atoms with Gasteiger partial charge >= 0.3 is 0 Å². The molecule has 0 amide bonds. The smallest absolute Gasteiger partial charge is 0.240 e. The van der Waals surface area contributed by atoms with Crippen molar-refractivity contribution in [3.05, 3.63) is 76.7 Å². The zero-order valence-electron chi connectivity index (χ0n) is 17.0. The molecule has 1 aromatic carbocycles. The summed E-state index contributed by atoms with van der Waals surface area (Å²) in [6, 6.07) is 10.9. The van der Waals surface area contributed by atoms with Gasteiger partial charge in [0.05, 0.1) is 12.0 Å². The number of hydrogen-bond acceptors (Lipinski definition) is 5. The normalized spacial score (nSPS) is 16.0. The summed E-state index contributed by atoms with van der Waals surface area (Å²) in [6.07, 6.45) is 8.33. The Labute approximate surface area is 166 Å². The van der Waals surface area contributed by atoms with Gasteiger partial charge in [-0.15, -0.1) is 0 Å². The standard InChI is InChI=1S/C23H28N4O/c1-17-6-8-20(9-7-17)23(11-4-5-12-23)22-25-21(28-26-22)16-27(3)15-19-10-13-24-14-18(19)2/h6-10,13-14H,4-5,11-12,15-16H2,1-3H3. The van der Waals surface area contributed by atoms with Gasteiger partial charge in [0.2, 0.25) is 5.89 Å². The number of benzene rings is 1. The maximum absolute atomic E-state index is 5.67. The molecule has 0 unspecified atom stereocenters. The van der Waals surface area contributed by atoms with Crippen molar-refractivity contribution in [3.63, 3.8) is 0 Å². The third-order valence-electron chi connectivity index (χ3n) is 5.94. The maximum Gasteiger partial charge on any atom is 0.240 e. The van der Waals surface area contributed by atoms with E-state index in [1.807, 2.05) is 12.4 Å². The predicted molar refractivity (Wildman–Crippen MR) is 109 cm³/mol. The highest BCUT2D eigenvalue weighted by Crippen LogP contribution is 2.45. The molecule has 0 radical (unpaired) electrons. The van der Waals surface area contributed by atoms with Crippen molar-refractivity contribution in [1.29, 1.82) is 0 Å². The zero-order chi connectivity index (χ0) is 19.6. The molecule has 1 aliphatic carbocycles. The first-order chi connectivity index (χ1) is 13.6. The van der Waals surface area contributed by atoms with Gasteiger partial charge in [0.1, 0.15) is 0 Å². The number of aromatic nitrogens is 3. The number of pyridine rings is 1. The van der Waals surface area contributed by atoms with Crippen LogP contribution in [0, 0.1) is 13.8 Å². The Balaban J connectivity index is 1.52. The molecule has 2 heterocycles. The van der Waals surface area contributed by atoms with Crippen molar-refractivity contribution in [2.75, 3.05) is 7.05 Å². The Morgan fingerprint density at radius 3 is 2.50 bits per heavy atom. The second-order valence-electron chi connectivity index (χ2n) is 8.14. The lowest BCUT2D eigenvalue weighted by atomic mass is 9.78. The summed E-state index contributed by atoms with van der Waals surface area (Å²) in [7, 11) is 2.08. The van der Waals surface area contributed by atoms with E-state index in [-0.39, 0.29) is 5.41 Å². The summed E-state index contributed by atoms with van der Waals surface area (Å²) in [5.74, 6) is 1.53. The van der Waals surface area contributed by atoms with Crippen LogP contribution < -0.4 is 0 Å². The Morgan fingerprint density at radius 2 is 1.79 bits per heavy atom. The maximum atomic E-state index is 5.67. The monoisotopic (exact) mass is 376 g/mol. The fourth-order valence-corrected chi connectivity index (χ4v) is 4.26. The van der Waals surface area contributed by atoms with E-state index in [9.17, 15) is 0 Å². The molecule has 0 spiro atoms. The summed E-state index contributed by atoms with van der Waals surface area (Å²) in [5, 5.41) is 4.42. The molecule has 0 atom stereocenters. The molecular formula is C23H28N4O. The molecule has 4 rings (SSSR count). The van der Waals surface area contributed by atoms with E-state index in [2.05, 4.69) is 66.3 Å². The van der Waals surface area contributed by atoms with E-state index >= 15 is 0 Å². The zero-order valence-corrected chi connectivity index (χ0v) is 17.0. The van der Waals surface area contributed by atoms with Crippen LogP contribution in [0.15, 0.2) is 47.2 Å². The minimum atomic E-state index is -0.101. The number of aryl methyl sites for hydroxylation is 2. The highest BCUT2D eigenvalue weighted by molar-refractivity contribution is 5.35. The van der Waals surface area contributed by atoms with Crippen molar-refractivity contribution < 1.29 is 4.52 Å². The minimum Gasteiger partial charge on any atom is -0.338 e. The molecule has 0 bridgehead atoms. The fourth-order valence-electron chi connectivity index (χ4n) is 4.26. The lowest BCUT2D eigenvalue weighted by Crippen LogP contribution is -2.25. The first-order valence-corrected chi connectivity index (χ1v) is 10.0. The molecule has 5 nitrogen and oxygen atoms in total. The van der Waals surface area contributed by atoms with Crippen LogP contribution in [0.5, 0.6) is 0 Å². The largest absolute Gasteiger partial charge is 0.338 e. The van der Waals surface area contributed by atoms with Crippen LogP contribution in [-0.2, 0) is 18.5 Å². The van der Waals surface area contributed by atoms with Crippen LogP contribution in [0.1, 0.15) is 59.7 Å². The number of hydrogen-bond donors (Lipinski definition) is 0. The third kappa shape index (κ3) is 3.72. The molecule has 5 heteroatoms. The lowest BCUT2D eigenvalue weighted by Gasteiger charge is -2.26. The van der Waals surface area contributed by atoms with Crippen LogP contribution in [-0.4, -0.2) is 27.1 Å². The quantitative estimate of drug-likeness (QED) is 0.630. The molecule has 1 aliphatic rings. The van der Waals surface area contributed by atoms with Gasteiger partial charge in [-0.25, -0.2) is 0 Å². The number of rotatable bonds is 6. The molecule has 1 saturated carbocycles. The van der Waals surface area contributed by atoms with Crippen LogP contribution >= 0.6 is 0 Å². The molecule has 0 aliphatic heterocycles. The van der Waals surface area contributed by atoms with Crippen LogP contribution in [0.2, 0.25) is 0 Å². The van der Waals surface area contributed by atoms with Gasteiger partial charge < -0.3 is 4.52 Å². The molecule has 146 valence electrons. The average Bonchev–Trinajstić information content (AvgIpc) is 3.34. The van der Waals surface area contributed by atoms with Gasteiger partial charge in [-0.05, 0) is 56.5 Å². The predicted octanol–water partition coefficient (Wildman–Crippen LogP) is 4.57. The summed E-state index contributed by atoms with van der Waals surface area (Å²) < 4.78 is 5.67. The van der Waals surface area contributed by atoms with Crippen LogP contribution in [0.4, 0.5) is 0 Å². The Kier molecular flexibility index (Phi) is 5.27. The third-order valence-corrected chi connectivity index (χ3v) is 5.94. The van der Waals surface area contributed by atoms with Crippen molar-refractivity contribution in [3.8, 4) is 0 Å². The second-order valence-corrected chi connectivity index (χ2v) is 8.14. The Morgan fingerprint density at radius 1 is 1.04 bits per heavy atom. The lowest BCUT2D eigenvalue weighted by molar-refractivity contribution is 0.259. The fraction of sp³-hybridized carbons (Fsp3) is 0.435. The Bertz CT molecular complexity index is 926. The molecule has 3 aromatic rings. The highest BCUT2D eigenvalue weighted by atomic mass is 16.5. The molecule has 28 heavy (non-hydrogen) atoms. The second kappa shape index (κ2) is 7.84. The molecule has 0 saturated heterocycles. The first-order valence-electron chi connectivity index (χ1n) is 10.0. The molecule has 2 aromatic heterocycles. The van der Waals surface area contributed by atoms with Gasteiger partial charge in [-0.2, -0.15) is 4.98 Å². The summed E-state index contributed by atoms with van der Waals surface area (Å²) >= 11 is 0. The van der Waals surface area contributed by atoms with Gasteiger partial charge in [0.25, 0.3) is 0 Å².